The zero-order valence-electron chi connectivity index (χ0n) is 10.4. The van der Waals surface area contributed by atoms with E-state index in [-0.39, 0.29) is 6.54 Å². The quantitative estimate of drug-likeness (QED) is 0.805. The van der Waals surface area contributed by atoms with Crippen molar-refractivity contribution >= 4 is 40.6 Å². The normalized spacial score (nSPS) is 10.2. The monoisotopic (exact) mass is 308 g/mol. The van der Waals surface area contributed by atoms with E-state index in [0.29, 0.717) is 21.4 Å². The Kier molecular flexibility index (Phi) is 4.84. The molecule has 0 aliphatic rings. The number of carbonyl (C=O) groups is 1. The van der Waals surface area contributed by atoms with Crippen molar-refractivity contribution in [1.29, 1.82) is 0 Å². The van der Waals surface area contributed by atoms with Crippen LogP contribution in [0.3, 0.4) is 0 Å². The second-order valence-electron chi connectivity index (χ2n) is 3.98. The maximum atomic E-state index is 11.9. The minimum Gasteiger partial charge on any atom is -0.326 e. The zero-order valence-corrected chi connectivity index (χ0v) is 11.9. The fourth-order valence-corrected chi connectivity index (χ4v) is 2.07. The molecule has 0 spiro atoms. The number of urea groups is 1. The van der Waals surface area contributed by atoms with Gasteiger partial charge in [-0.05, 0) is 23.8 Å². The van der Waals surface area contributed by atoms with Crippen LogP contribution in [0.1, 0.15) is 5.56 Å². The van der Waals surface area contributed by atoms with Crippen molar-refractivity contribution in [2.75, 3.05) is 10.6 Å². The Balaban J connectivity index is 2.12. The van der Waals surface area contributed by atoms with Gasteiger partial charge in [0.15, 0.2) is 0 Å². The van der Waals surface area contributed by atoms with Gasteiger partial charge in [-0.25, -0.2) is 4.79 Å². The van der Waals surface area contributed by atoms with E-state index < -0.39 is 6.03 Å². The molecular weight excluding hydrogens is 297 g/mol. The molecule has 0 saturated carbocycles. The van der Waals surface area contributed by atoms with Crippen molar-refractivity contribution in [3.8, 4) is 0 Å². The molecule has 4 N–H and O–H groups in total. The van der Waals surface area contributed by atoms with Gasteiger partial charge in [0.05, 0.1) is 16.4 Å². The molecule has 0 aliphatic carbocycles. The lowest BCUT2D eigenvalue weighted by Gasteiger charge is -2.12. The summed E-state index contributed by atoms with van der Waals surface area (Å²) in [5.74, 6) is 0. The van der Waals surface area contributed by atoms with E-state index in [1.807, 2.05) is 0 Å². The van der Waals surface area contributed by atoms with Crippen LogP contribution >= 0.6 is 23.2 Å². The first-order valence-electron chi connectivity index (χ1n) is 5.83. The predicted molar refractivity (Wildman–Crippen MR) is 82.3 cm³/mol. The number of hydrogen-bond acceptors (Lipinski definition) is 2. The highest BCUT2D eigenvalue weighted by molar-refractivity contribution is 6.34. The number of hydrogen-bond donors (Lipinski definition) is 3. The first-order chi connectivity index (χ1) is 9.60. The van der Waals surface area contributed by atoms with Crippen LogP contribution < -0.4 is 16.4 Å². The third-order valence-corrected chi connectivity index (χ3v) is 3.12. The first kappa shape index (κ1) is 14.7. The summed E-state index contributed by atoms with van der Waals surface area (Å²) in [6.07, 6.45) is 0. The summed E-state index contributed by atoms with van der Waals surface area (Å²) in [4.78, 5) is 11.9. The van der Waals surface area contributed by atoms with Crippen LogP contribution in [0.5, 0.6) is 0 Å². The summed E-state index contributed by atoms with van der Waals surface area (Å²) in [7, 11) is 0. The molecule has 0 unspecified atom stereocenters. The van der Waals surface area contributed by atoms with Gasteiger partial charge in [0.2, 0.25) is 0 Å². The van der Waals surface area contributed by atoms with Gasteiger partial charge in [-0.15, -0.1) is 0 Å². The fraction of sp³-hybridized carbons (Fsp3) is 0.0714. The van der Waals surface area contributed by atoms with Crippen LogP contribution in [0.4, 0.5) is 16.2 Å². The summed E-state index contributed by atoms with van der Waals surface area (Å²) in [5.41, 5.74) is 7.33. The van der Waals surface area contributed by atoms with Crippen LogP contribution in [0.15, 0.2) is 36.4 Å². The van der Waals surface area contributed by atoms with E-state index in [0.717, 1.165) is 5.56 Å². The van der Waals surface area contributed by atoms with Crippen molar-refractivity contribution in [1.82, 2.24) is 0 Å². The minimum atomic E-state index is -0.439. The maximum absolute atomic E-state index is 11.9. The molecule has 0 heterocycles. The summed E-state index contributed by atoms with van der Waals surface area (Å²) < 4.78 is 0. The fourth-order valence-electron chi connectivity index (χ4n) is 1.66. The number of para-hydroxylation sites is 1. The van der Waals surface area contributed by atoms with E-state index in [1.54, 1.807) is 36.4 Å². The van der Waals surface area contributed by atoms with E-state index in [2.05, 4.69) is 16.7 Å². The standard InChI is InChI=1S/C14H12Cl2N3O/c15-10-4-2-5-11(7-10)18-14(20)19-13-9(8-17)3-1-6-12(13)16/h1-4,6-7H,8,17H2,(H2,18,19,20). The van der Waals surface area contributed by atoms with Gasteiger partial charge in [0.25, 0.3) is 0 Å². The molecule has 0 bridgehead atoms. The van der Waals surface area contributed by atoms with Crippen molar-refractivity contribution in [3.63, 3.8) is 0 Å². The lowest BCUT2D eigenvalue weighted by atomic mass is 10.2. The van der Waals surface area contributed by atoms with Gasteiger partial charge in [-0.2, -0.15) is 0 Å². The topological polar surface area (TPSA) is 67.1 Å². The van der Waals surface area contributed by atoms with Crippen LogP contribution in [0.25, 0.3) is 0 Å². The number of rotatable bonds is 3. The Bertz CT molecular complexity index is 632. The highest BCUT2D eigenvalue weighted by atomic mass is 35.5. The molecule has 2 aromatic carbocycles. The van der Waals surface area contributed by atoms with Gasteiger partial charge in [0.1, 0.15) is 0 Å². The minimum absolute atomic E-state index is 0.277. The highest BCUT2D eigenvalue weighted by Gasteiger charge is 2.10. The molecule has 1 radical (unpaired) electrons. The lowest BCUT2D eigenvalue weighted by Crippen LogP contribution is -2.21. The van der Waals surface area contributed by atoms with Gasteiger partial charge < -0.3 is 16.4 Å². The number of benzene rings is 2. The molecule has 2 rings (SSSR count). The molecule has 2 aromatic rings. The first-order valence-corrected chi connectivity index (χ1v) is 6.58. The Morgan fingerprint density at radius 2 is 2.05 bits per heavy atom. The van der Waals surface area contributed by atoms with Crippen molar-refractivity contribution in [3.05, 3.63) is 58.1 Å². The molecule has 0 aromatic heterocycles. The van der Waals surface area contributed by atoms with E-state index in [9.17, 15) is 4.79 Å². The van der Waals surface area contributed by atoms with Crippen LogP contribution in [-0.2, 0) is 6.54 Å². The zero-order chi connectivity index (χ0) is 14.5. The van der Waals surface area contributed by atoms with Gasteiger partial charge in [-0.3, -0.25) is 0 Å². The summed E-state index contributed by atoms with van der Waals surface area (Å²) >= 11 is 11.9. The number of nitrogens with one attached hydrogen (secondary N) is 2. The highest BCUT2D eigenvalue weighted by Crippen LogP contribution is 2.26. The molecule has 0 saturated heterocycles. The Morgan fingerprint density at radius 1 is 1.25 bits per heavy atom. The van der Waals surface area contributed by atoms with Crippen molar-refractivity contribution in [2.24, 2.45) is 5.73 Å². The van der Waals surface area contributed by atoms with Gasteiger partial charge in [-0.1, -0.05) is 41.4 Å². The van der Waals surface area contributed by atoms with Crippen LogP contribution in [-0.4, -0.2) is 6.03 Å². The Labute approximate surface area is 126 Å². The summed E-state index contributed by atoms with van der Waals surface area (Å²) in [5, 5.41) is 6.24. The lowest BCUT2D eigenvalue weighted by molar-refractivity contribution is 0.262. The molecule has 6 heteroatoms. The van der Waals surface area contributed by atoms with Crippen molar-refractivity contribution < 1.29 is 4.79 Å². The Hall–Kier alpha value is -1.75. The van der Waals surface area contributed by atoms with Crippen LogP contribution in [0.2, 0.25) is 10.0 Å². The molecule has 0 aliphatic heterocycles. The van der Waals surface area contributed by atoms with Crippen LogP contribution in [0, 0.1) is 6.07 Å². The molecule has 0 fully saturated rings. The second-order valence-corrected chi connectivity index (χ2v) is 4.82. The van der Waals surface area contributed by atoms with Crippen molar-refractivity contribution in [2.45, 2.75) is 6.54 Å². The van der Waals surface area contributed by atoms with Gasteiger partial charge >= 0.3 is 6.03 Å². The molecule has 0 atom stereocenters. The molecule has 20 heavy (non-hydrogen) atoms. The number of anilines is 2. The largest absolute Gasteiger partial charge is 0.326 e. The summed E-state index contributed by atoms with van der Waals surface area (Å²) in [6, 6.07) is 12.6. The number of nitrogens with two attached hydrogens (primary N) is 1. The van der Waals surface area contributed by atoms with E-state index in [4.69, 9.17) is 28.9 Å². The molecule has 2 amide bonds. The van der Waals surface area contributed by atoms with E-state index >= 15 is 0 Å². The smallest absolute Gasteiger partial charge is 0.323 e. The third-order valence-electron chi connectivity index (χ3n) is 2.57. The number of halogens is 2. The molecule has 103 valence electrons. The maximum Gasteiger partial charge on any atom is 0.323 e. The van der Waals surface area contributed by atoms with Gasteiger partial charge in [0, 0.05) is 17.6 Å². The third kappa shape index (κ3) is 3.63. The predicted octanol–water partition coefficient (Wildman–Crippen LogP) is 3.90. The molecular formula is C14H12Cl2N3O. The van der Waals surface area contributed by atoms with E-state index in [1.165, 1.54) is 0 Å². The number of carbonyl (C=O) groups excluding carboxylic acids is 1. The average molecular weight is 309 g/mol. The second kappa shape index (κ2) is 6.61. The summed E-state index contributed by atoms with van der Waals surface area (Å²) in [6.45, 7) is 0.277. The Morgan fingerprint density at radius 3 is 2.75 bits per heavy atom. The average Bonchev–Trinajstić information content (AvgIpc) is 2.41. The molecule has 4 nitrogen and oxygen atoms in total. The SMILES string of the molecule is NCc1cccc(Cl)c1NC(=O)Nc1[c]ccc(Cl)c1. The number of amides is 2.